The van der Waals surface area contributed by atoms with E-state index in [0.29, 0.717) is 22.2 Å². The topological polar surface area (TPSA) is 75.6 Å². The number of carbonyl (C=O) groups is 2. The van der Waals surface area contributed by atoms with E-state index in [2.05, 4.69) is 21.2 Å². The van der Waals surface area contributed by atoms with Gasteiger partial charge in [-0.15, -0.1) is 0 Å². The zero-order valence-electron chi connectivity index (χ0n) is 13.1. The first-order chi connectivity index (χ1) is 10.4. The molecule has 1 unspecified atom stereocenters. The SMILES string of the molecule is CCC(CC)CC(=O)NC(C(=O)O)c1ccc(OC)c(Br)c1. The van der Waals surface area contributed by atoms with E-state index in [4.69, 9.17) is 4.74 Å². The maximum atomic E-state index is 12.1. The molecule has 5 nitrogen and oxygen atoms in total. The van der Waals surface area contributed by atoms with Gasteiger partial charge in [-0.05, 0) is 39.5 Å². The summed E-state index contributed by atoms with van der Waals surface area (Å²) in [6.45, 7) is 4.05. The number of ether oxygens (including phenoxy) is 1. The number of hydrogen-bond donors (Lipinski definition) is 2. The average Bonchev–Trinajstić information content (AvgIpc) is 2.49. The number of carboxylic acid groups (broad SMARTS) is 1. The van der Waals surface area contributed by atoms with Crippen LogP contribution in [0.5, 0.6) is 5.75 Å². The molecule has 0 aliphatic rings. The molecule has 0 bridgehead atoms. The van der Waals surface area contributed by atoms with Gasteiger partial charge in [0.25, 0.3) is 0 Å². The highest BCUT2D eigenvalue weighted by molar-refractivity contribution is 9.10. The number of halogens is 1. The molecule has 0 aliphatic heterocycles. The molecule has 1 rings (SSSR count). The number of aliphatic carboxylic acids is 1. The first kappa shape index (κ1) is 18.5. The number of amides is 1. The van der Waals surface area contributed by atoms with Gasteiger partial charge in [0.15, 0.2) is 6.04 Å². The van der Waals surface area contributed by atoms with Gasteiger partial charge < -0.3 is 15.2 Å². The maximum Gasteiger partial charge on any atom is 0.330 e. The molecule has 0 aliphatic carbocycles. The summed E-state index contributed by atoms with van der Waals surface area (Å²) in [5.74, 6) is -0.448. The van der Waals surface area contributed by atoms with Crippen molar-refractivity contribution in [2.75, 3.05) is 7.11 Å². The van der Waals surface area contributed by atoms with E-state index in [1.54, 1.807) is 18.2 Å². The summed E-state index contributed by atoms with van der Waals surface area (Å²) in [5, 5.41) is 12.0. The van der Waals surface area contributed by atoms with E-state index in [-0.39, 0.29) is 11.8 Å². The van der Waals surface area contributed by atoms with Crippen molar-refractivity contribution in [1.29, 1.82) is 0 Å². The summed E-state index contributed by atoms with van der Waals surface area (Å²) in [7, 11) is 1.53. The fourth-order valence-electron chi connectivity index (χ4n) is 2.21. The third-order valence-electron chi connectivity index (χ3n) is 3.69. The molecule has 22 heavy (non-hydrogen) atoms. The predicted octanol–water partition coefficient (Wildman–Crippen LogP) is 3.53. The van der Waals surface area contributed by atoms with E-state index in [1.807, 2.05) is 13.8 Å². The Bertz CT molecular complexity index is 529. The molecule has 6 heteroatoms. The Balaban J connectivity index is 2.88. The number of nitrogens with one attached hydrogen (secondary N) is 1. The highest BCUT2D eigenvalue weighted by Gasteiger charge is 2.23. The Morgan fingerprint density at radius 2 is 1.95 bits per heavy atom. The van der Waals surface area contributed by atoms with Crippen LogP contribution >= 0.6 is 15.9 Å². The Labute approximate surface area is 139 Å². The van der Waals surface area contributed by atoms with Crippen LogP contribution in [-0.4, -0.2) is 24.1 Å². The van der Waals surface area contributed by atoms with Gasteiger partial charge in [0.05, 0.1) is 11.6 Å². The van der Waals surface area contributed by atoms with Crippen LogP contribution in [0.3, 0.4) is 0 Å². The normalized spacial score (nSPS) is 12.0. The van der Waals surface area contributed by atoms with Gasteiger partial charge in [0, 0.05) is 6.42 Å². The Kier molecular flexibility index (Phi) is 7.38. The number of rotatable bonds is 8. The lowest BCUT2D eigenvalue weighted by atomic mass is 9.98. The molecule has 0 heterocycles. The molecule has 0 saturated carbocycles. The molecule has 1 amide bonds. The second kappa shape index (κ2) is 8.78. The zero-order valence-corrected chi connectivity index (χ0v) is 14.6. The van der Waals surface area contributed by atoms with Gasteiger partial charge in [-0.1, -0.05) is 32.8 Å². The monoisotopic (exact) mass is 371 g/mol. The molecule has 0 saturated heterocycles. The van der Waals surface area contributed by atoms with Crippen LogP contribution in [0.15, 0.2) is 22.7 Å². The standard InChI is InChI=1S/C16H22BrNO4/c1-4-10(5-2)8-14(19)18-15(16(20)21)11-6-7-13(22-3)12(17)9-11/h6-7,9-10,15H,4-5,8H2,1-3H3,(H,18,19)(H,20,21). The first-order valence-electron chi connectivity index (χ1n) is 7.28. The molecule has 1 aromatic rings. The molecule has 0 aromatic heterocycles. The summed E-state index contributed by atoms with van der Waals surface area (Å²) < 4.78 is 5.77. The highest BCUT2D eigenvalue weighted by atomic mass is 79.9. The quantitative estimate of drug-likeness (QED) is 0.732. The van der Waals surface area contributed by atoms with Gasteiger partial charge in [-0.3, -0.25) is 4.79 Å². The second-order valence-electron chi connectivity index (χ2n) is 5.12. The van der Waals surface area contributed by atoms with E-state index in [9.17, 15) is 14.7 Å². The van der Waals surface area contributed by atoms with E-state index in [1.165, 1.54) is 7.11 Å². The van der Waals surface area contributed by atoms with Crippen molar-refractivity contribution in [3.8, 4) is 5.75 Å². The summed E-state index contributed by atoms with van der Waals surface area (Å²) in [4.78, 5) is 23.5. The smallest absolute Gasteiger partial charge is 0.330 e. The minimum absolute atomic E-state index is 0.243. The molecular weight excluding hydrogens is 350 g/mol. The summed E-state index contributed by atoms with van der Waals surface area (Å²) >= 11 is 3.32. The zero-order chi connectivity index (χ0) is 16.7. The lowest BCUT2D eigenvalue weighted by Crippen LogP contribution is -2.34. The molecular formula is C16H22BrNO4. The van der Waals surface area contributed by atoms with Crippen molar-refractivity contribution in [1.82, 2.24) is 5.32 Å². The van der Waals surface area contributed by atoms with Crippen LogP contribution in [0.2, 0.25) is 0 Å². The number of hydrogen-bond acceptors (Lipinski definition) is 3. The summed E-state index contributed by atoms with van der Waals surface area (Å²) in [6.07, 6.45) is 2.14. The Morgan fingerprint density at radius 3 is 2.41 bits per heavy atom. The van der Waals surface area contributed by atoms with Crippen LogP contribution in [-0.2, 0) is 9.59 Å². The molecule has 0 fully saturated rings. The largest absolute Gasteiger partial charge is 0.496 e. The predicted molar refractivity (Wildman–Crippen MR) is 87.9 cm³/mol. The van der Waals surface area contributed by atoms with Crippen LogP contribution in [0.4, 0.5) is 0 Å². The fraction of sp³-hybridized carbons (Fsp3) is 0.500. The van der Waals surface area contributed by atoms with Crippen LogP contribution in [0.1, 0.15) is 44.7 Å². The van der Waals surface area contributed by atoms with E-state index >= 15 is 0 Å². The molecule has 122 valence electrons. The number of carboxylic acids is 1. The van der Waals surface area contributed by atoms with Gasteiger partial charge >= 0.3 is 5.97 Å². The molecule has 1 atom stereocenters. The molecule has 0 spiro atoms. The third-order valence-corrected chi connectivity index (χ3v) is 4.31. The van der Waals surface area contributed by atoms with Gasteiger partial charge in [-0.2, -0.15) is 0 Å². The Morgan fingerprint density at radius 1 is 1.32 bits per heavy atom. The summed E-state index contributed by atoms with van der Waals surface area (Å²) in [6, 6.07) is 3.89. The molecule has 0 radical (unpaired) electrons. The Hall–Kier alpha value is -1.56. The van der Waals surface area contributed by atoms with Crippen molar-refractivity contribution in [2.24, 2.45) is 5.92 Å². The second-order valence-corrected chi connectivity index (χ2v) is 5.97. The maximum absolute atomic E-state index is 12.1. The lowest BCUT2D eigenvalue weighted by molar-refractivity contribution is -0.142. The third kappa shape index (κ3) is 5.02. The number of carbonyl (C=O) groups excluding carboxylic acids is 1. The van der Waals surface area contributed by atoms with Gasteiger partial charge in [0.1, 0.15) is 5.75 Å². The van der Waals surface area contributed by atoms with Gasteiger partial charge in [0.2, 0.25) is 5.91 Å². The number of methoxy groups -OCH3 is 1. The minimum atomic E-state index is -1.09. The van der Waals surface area contributed by atoms with Crippen molar-refractivity contribution >= 4 is 27.8 Å². The van der Waals surface area contributed by atoms with Crippen LogP contribution in [0, 0.1) is 5.92 Å². The molecule has 2 N–H and O–H groups in total. The van der Waals surface area contributed by atoms with E-state index in [0.717, 1.165) is 12.8 Å². The first-order valence-corrected chi connectivity index (χ1v) is 8.07. The van der Waals surface area contributed by atoms with E-state index < -0.39 is 12.0 Å². The van der Waals surface area contributed by atoms with Crippen molar-refractivity contribution < 1.29 is 19.4 Å². The lowest BCUT2D eigenvalue weighted by Gasteiger charge is -2.18. The van der Waals surface area contributed by atoms with Crippen LogP contribution < -0.4 is 10.1 Å². The van der Waals surface area contributed by atoms with Crippen LogP contribution in [0.25, 0.3) is 0 Å². The van der Waals surface area contributed by atoms with Crippen molar-refractivity contribution in [3.05, 3.63) is 28.2 Å². The summed E-state index contributed by atoms with van der Waals surface area (Å²) in [5.41, 5.74) is 0.498. The minimum Gasteiger partial charge on any atom is -0.496 e. The fourth-order valence-corrected chi connectivity index (χ4v) is 2.77. The average molecular weight is 372 g/mol. The van der Waals surface area contributed by atoms with Crippen molar-refractivity contribution in [3.63, 3.8) is 0 Å². The number of benzene rings is 1. The highest BCUT2D eigenvalue weighted by Crippen LogP contribution is 2.28. The van der Waals surface area contributed by atoms with Gasteiger partial charge in [-0.25, -0.2) is 4.79 Å². The molecule has 1 aromatic carbocycles. The van der Waals surface area contributed by atoms with Crippen molar-refractivity contribution in [2.45, 2.75) is 39.2 Å².